The van der Waals surface area contributed by atoms with Gasteiger partial charge in [-0.1, -0.05) is 66.7 Å². The predicted molar refractivity (Wildman–Crippen MR) is 210 cm³/mol. The van der Waals surface area contributed by atoms with Crippen LogP contribution in [0.1, 0.15) is 26.3 Å². The molecule has 0 bridgehead atoms. The summed E-state index contributed by atoms with van der Waals surface area (Å²) in [5.74, 6) is -0.808. The van der Waals surface area contributed by atoms with Crippen LogP contribution in [0.15, 0.2) is 146 Å². The third-order valence-electron chi connectivity index (χ3n) is 10.5. The van der Waals surface area contributed by atoms with Crippen molar-refractivity contribution in [2.45, 2.75) is 0 Å². The summed E-state index contributed by atoms with van der Waals surface area (Å²) >= 11 is 1.81. The number of para-hydroxylation sites is 2. The van der Waals surface area contributed by atoms with Gasteiger partial charge in [0, 0.05) is 47.4 Å². The Morgan fingerprint density at radius 1 is 0.462 bits per heavy atom. The molecule has 1 aliphatic heterocycles. The van der Waals surface area contributed by atoms with Gasteiger partial charge in [-0.25, -0.2) is 4.90 Å². The Bertz CT molecular complexity index is 3230. The van der Waals surface area contributed by atoms with Gasteiger partial charge in [0.25, 0.3) is 11.8 Å². The fourth-order valence-corrected chi connectivity index (χ4v) is 9.28. The number of fused-ring (bicyclic) bond motifs is 10. The molecule has 0 saturated heterocycles. The van der Waals surface area contributed by atoms with Crippen LogP contribution in [0, 0.1) is 11.3 Å². The molecule has 0 saturated carbocycles. The van der Waals surface area contributed by atoms with Crippen molar-refractivity contribution in [3.05, 3.63) is 162 Å². The van der Waals surface area contributed by atoms with Crippen molar-refractivity contribution in [1.82, 2.24) is 9.13 Å². The molecular weight excluding hydrogens is 661 g/mol. The Balaban J connectivity index is 1.21. The summed E-state index contributed by atoms with van der Waals surface area (Å²) in [5.41, 5.74) is 7.19. The Hall–Kier alpha value is -7.01. The number of rotatable bonds is 3. The Kier molecular flexibility index (Phi) is 5.81. The molecule has 7 aromatic carbocycles. The SMILES string of the molecule is N#Cc1ccc(-n2c3ccccc3c3cc4c(cc32)c2ccccc2n4-c2ccc3sc4ccccc4c3c2)c(N2C(=O)c3ccccc3C2=O)c1. The lowest BCUT2D eigenvalue weighted by atomic mass is 10.1. The number of nitrogens with zero attached hydrogens (tertiary/aromatic N) is 4. The van der Waals surface area contributed by atoms with E-state index in [0.29, 0.717) is 28.1 Å². The molecule has 3 aromatic heterocycles. The first-order valence-corrected chi connectivity index (χ1v) is 17.8. The Labute approximate surface area is 300 Å². The van der Waals surface area contributed by atoms with Gasteiger partial charge in [0.15, 0.2) is 0 Å². The number of amides is 2. The van der Waals surface area contributed by atoms with Gasteiger partial charge in [0.1, 0.15) is 0 Å². The first-order valence-electron chi connectivity index (χ1n) is 17.0. The van der Waals surface area contributed by atoms with E-state index in [1.807, 2.05) is 29.5 Å². The zero-order valence-electron chi connectivity index (χ0n) is 27.4. The highest BCUT2D eigenvalue weighted by Gasteiger charge is 2.38. The fraction of sp³-hybridized carbons (Fsp3) is 0. The van der Waals surface area contributed by atoms with Gasteiger partial charge >= 0.3 is 0 Å². The predicted octanol–water partition coefficient (Wildman–Crippen LogP) is 10.9. The second-order valence-electron chi connectivity index (χ2n) is 13.2. The summed E-state index contributed by atoms with van der Waals surface area (Å²) in [5, 5.41) is 16.7. The molecule has 4 heterocycles. The average Bonchev–Trinajstić information content (AvgIpc) is 3.90. The van der Waals surface area contributed by atoms with Crippen LogP contribution in [0.2, 0.25) is 0 Å². The lowest BCUT2D eigenvalue weighted by molar-refractivity contribution is 0.0926. The van der Waals surface area contributed by atoms with Crippen molar-refractivity contribution in [3.8, 4) is 17.4 Å². The molecule has 1 aliphatic rings. The Morgan fingerprint density at radius 3 is 1.73 bits per heavy atom. The number of hydrogen-bond donors (Lipinski definition) is 0. The number of carbonyl (C=O) groups is 2. The first kappa shape index (κ1) is 28.8. The normalized spacial score (nSPS) is 13.0. The Morgan fingerprint density at radius 2 is 1.04 bits per heavy atom. The molecule has 0 spiro atoms. The molecule has 52 heavy (non-hydrogen) atoms. The molecule has 2 amide bonds. The minimum atomic E-state index is -0.404. The van der Waals surface area contributed by atoms with E-state index in [2.05, 4.69) is 106 Å². The van der Waals surface area contributed by atoms with E-state index in [1.54, 1.807) is 36.4 Å². The van der Waals surface area contributed by atoms with Crippen molar-refractivity contribution in [3.63, 3.8) is 0 Å². The summed E-state index contributed by atoms with van der Waals surface area (Å²) in [4.78, 5) is 28.9. The largest absolute Gasteiger partial charge is 0.309 e. The second-order valence-corrected chi connectivity index (χ2v) is 14.3. The van der Waals surface area contributed by atoms with E-state index in [4.69, 9.17) is 0 Å². The van der Waals surface area contributed by atoms with Crippen LogP contribution in [0.25, 0.3) is 75.2 Å². The van der Waals surface area contributed by atoms with E-state index in [9.17, 15) is 14.9 Å². The molecule has 10 aromatic rings. The van der Waals surface area contributed by atoms with Gasteiger partial charge in [0.2, 0.25) is 0 Å². The minimum absolute atomic E-state index is 0.353. The molecule has 0 atom stereocenters. The molecular formula is C45H24N4O2S. The summed E-state index contributed by atoms with van der Waals surface area (Å²) < 4.78 is 7.01. The zero-order valence-corrected chi connectivity index (χ0v) is 28.2. The quantitative estimate of drug-likeness (QED) is 0.174. The van der Waals surface area contributed by atoms with Crippen molar-refractivity contribution in [2.24, 2.45) is 0 Å². The minimum Gasteiger partial charge on any atom is -0.309 e. The van der Waals surface area contributed by atoms with Crippen molar-refractivity contribution in [2.75, 3.05) is 4.90 Å². The molecule has 0 fully saturated rings. The molecule has 0 unspecified atom stereocenters. The average molecular weight is 685 g/mol. The van der Waals surface area contributed by atoms with Gasteiger partial charge in [-0.3, -0.25) is 9.59 Å². The van der Waals surface area contributed by atoms with Crippen molar-refractivity contribution >= 4 is 92.6 Å². The zero-order chi connectivity index (χ0) is 34.7. The number of benzene rings is 7. The maximum absolute atomic E-state index is 13.9. The van der Waals surface area contributed by atoms with Crippen LogP contribution in [0.3, 0.4) is 0 Å². The van der Waals surface area contributed by atoms with Gasteiger partial charge in [0.05, 0.1) is 56.2 Å². The topological polar surface area (TPSA) is 71.0 Å². The maximum atomic E-state index is 13.9. The van der Waals surface area contributed by atoms with Crippen LogP contribution in [-0.2, 0) is 0 Å². The lowest BCUT2D eigenvalue weighted by Gasteiger charge is -2.20. The van der Waals surface area contributed by atoms with Gasteiger partial charge in [-0.05, 0) is 78.9 Å². The van der Waals surface area contributed by atoms with Crippen LogP contribution in [-0.4, -0.2) is 20.9 Å². The summed E-state index contributed by atoms with van der Waals surface area (Å²) in [6.45, 7) is 0. The molecule has 0 aliphatic carbocycles. The highest BCUT2D eigenvalue weighted by Crippen LogP contribution is 2.43. The van der Waals surface area contributed by atoms with Crippen LogP contribution < -0.4 is 4.90 Å². The summed E-state index contributed by atoms with van der Waals surface area (Å²) in [7, 11) is 0. The molecule has 242 valence electrons. The lowest BCUT2D eigenvalue weighted by Crippen LogP contribution is -2.30. The first-order chi connectivity index (χ1) is 25.6. The smallest absolute Gasteiger partial charge is 0.266 e. The molecule has 11 rings (SSSR count). The summed E-state index contributed by atoms with van der Waals surface area (Å²) in [6.07, 6.45) is 0. The van der Waals surface area contributed by atoms with Crippen LogP contribution in [0.4, 0.5) is 5.69 Å². The highest BCUT2D eigenvalue weighted by atomic mass is 32.1. The van der Waals surface area contributed by atoms with Gasteiger partial charge in [-0.15, -0.1) is 11.3 Å². The number of aromatic nitrogens is 2. The van der Waals surface area contributed by atoms with E-state index in [0.717, 1.165) is 49.3 Å². The molecule has 0 radical (unpaired) electrons. The molecule has 0 N–H and O–H groups in total. The number of anilines is 1. The number of nitriles is 1. The van der Waals surface area contributed by atoms with E-state index >= 15 is 0 Å². The monoisotopic (exact) mass is 684 g/mol. The molecule has 7 heteroatoms. The van der Waals surface area contributed by atoms with E-state index in [-0.39, 0.29) is 0 Å². The van der Waals surface area contributed by atoms with Crippen molar-refractivity contribution in [1.29, 1.82) is 5.26 Å². The van der Waals surface area contributed by atoms with Crippen molar-refractivity contribution < 1.29 is 9.59 Å². The fourth-order valence-electron chi connectivity index (χ4n) is 8.19. The summed E-state index contributed by atoms with van der Waals surface area (Å²) in [6, 6.07) is 50.8. The van der Waals surface area contributed by atoms with E-state index in [1.165, 1.54) is 25.1 Å². The number of imide groups is 1. The number of thiophene rings is 1. The van der Waals surface area contributed by atoms with E-state index < -0.39 is 11.8 Å². The van der Waals surface area contributed by atoms with Gasteiger partial charge in [-0.2, -0.15) is 5.26 Å². The molecule has 6 nitrogen and oxygen atoms in total. The maximum Gasteiger partial charge on any atom is 0.266 e. The number of hydrogen-bond acceptors (Lipinski definition) is 4. The highest BCUT2D eigenvalue weighted by molar-refractivity contribution is 7.25. The third-order valence-corrected chi connectivity index (χ3v) is 11.6. The van der Waals surface area contributed by atoms with Gasteiger partial charge < -0.3 is 9.13 Å². The standard InChI is InChI=1S/C45H24N4O2S/c46-25-26-17-19-38(41(21-26)49-44(50)31-12-1-2-13-32(31)45(49)51)48-37-15-7-4-10-29(37)34-23-39-33(24-40(34)48)28-9-3-6-14-36(28)47(39)27-18-20-43-35(22-27)30-11-5-8-16-42(30)52-43/h1-24H. The number of carbonyl (C=O) groups excluding carboxylic acids is 2. The van der Waals surface area contributed by atoms with Crippen LogP contribution >= 0.6 is 11.3 Å². The second kappa shape index (κ2) is 10.5. The van der Waals surface area contributed by atoms with Crippen LogP contribution in [0.5, 0.6) is 0 Å². The third kappa shape index (κ3) is 3.81.